The molecule has 0 fully saturated rings. The van der Waals surface area contributed by atoms with Crippen molar-refractivity contribution in [2.45, 2.75) is 43.3 Å². The maximum atomic E-state index is 13.5. The van der Waals surface area contributed by atoms with E-state index in [9.17, 15) is 22.8 Å². The Morgan fingerprint density at radius 3 is 2.44 bits per heavy atom. The molecule has 2 aromatic carbocycles. The van der Waals surface area contributed by atoms with Gasteiger partial charge in [0.25, 0.3) is 5.56 Å². The Hall–Kier alpha value is -3.34. The highest BCUT2D eigenvalue weighted by molar-refractivity contribution is 8.00. The van der Waals surface area contributed by atoms with Crippen LogP contribution in [0.2, 0.25) is 0 Å². The van der Waals surface area contributed by atoms with Crippen molar-refractivity contribution in [1.82, 2.24) is 24.5 Å². The molecule has 0 saturated heterocycles. The quantitative estimate of drug-likeness (QED) is 0.408. The Labute approximate surface area is 197 Å². The Bertz CT molecular complexity index is 1430. The molecule has 0 aliphatic carbocycles. The molecule has 0 bridgehead atoms. The van der Waals surface area contributed by atoms with Gasteiger partial charge >= 0.3 is 6.18 Å². The normalized spacial score (nSPS) is 13.0. The minimum Gasteiger partial charge on any atom is -0.346 e. The summed E-state index contributed by atoms with van der Waals surface area (Å²) in [6, 6.07) is 14.5. The first-order chi connectivity index (χ1) is 16.1. The second-order valence-electron chi connectivity index (χ2n) is 8.08. The number of amides is 1. The van der Waals surface area contributed by atoms with Gasteiger partial charge in [0.15, 0.2) is 5.16 Å². The zero-order valence-corrected chi connectivity index (χ0v) is 19.4. The number of halogens is 3. The molecule has 2 heterocycles. The van der Waals surface area contributed by atoms with Crippen LogP contribution in [0, 0.1) is 0 Å². The predicted molar refractivity (Wildman–Crippen MR) is 125 cm³/mol. The first-order valence-corrected chi connectivity index (χ1v) is 11.5. The van der Waals surface area contributed by atoms with Crippen LogP contribution in [0.25, 0.3) is 22.4 Å². The average Bonchev–Trinajstić information content (AvgIpc) is 3.20. The van der Waals surface area contributed by atoms with E-state index in [1.165, 1.54) is 11.5 Å². The number of hydrogen-bond acceptors (Lipinski definition) is 5. The third-order valence-corrected chi connectivity index (χ3v) is 6.35. The Morgan fingerprint density at radius 2 is 1.74 bits per heavy atom. The van der Waals surface area contributed by atoms with Crippen molar-refractivity contribution in [3.05, 3.63) is 64.4 Å². The summed E-state index contributed by atoms with van der Waals surface area (Å²) in [6.45, 7) is 4.12. The van der Waals surface area contributed by atoms with Crippen LogP contribution in [0.5, 0.6) is 0 Å². The number of thioether (sulfide) groups is 1. The minimum absolute atomic E-state index is 0.128. The van der Waals surface area contributed by atoms with E-state index in [4.69, 9.17) is 0 Å². The summed E-state index contributed by atoms with van der Waals surface area (Å²) >= 11 is 0.968. The summed E-state index contributed by atoms with van der Waals surface area (Å²) in [6.07, 6.45) is -4.50. The van der Waals surface area contributed by atoms with Gasteiger partial charge in [0.2, 0.25) is 11.7 Å². The third kappa shape index (κ3) is 4.52. The van der Waals surface area contributed by atoms with Crippen molar-refractivity contribution in [3.8, 4) is 5.69 Å². The molecule has 1 amide bonds. The zero-order valence-electron chi connectivity index (χ0n) is 18.6. The highest BCUT2D eigenvalue weighted by atomic mass is 32.2. The van der Waals surface area contributed by atoms with E-state index < -0.39 is 23.9 Å². The fourth-order valence-electron chi connectivity index (χ4n) is 3.69. The van der Waals surface area contributed by atoms with Crippen molar-refractivity contribution in [2.24, 2.45) is 0 Å². The summed E-state index contributed by atoms with van der Waals surface area (Å²) in [5.41, 5.74) is 1.88. The molecule has 34 heavy (non-hydrogen) atoms. The molecule has 178 valence electrons. The number of carbonyl (C=O) groups excluding carboxylic acids is 1. The number of nitrogens with one attached hydrogen (secondary N) is 1. The minimum atomic E-state index is -4.50. The molecule has 0 aliphatic rings. The van der Waals surface area contributed by atoms with Gasteiger partial charge in [-0.1, -0.05) is 55.9 Å². The van der Waals surface area contributed by atoms with Crippen molar-refractivity contribution in [1.29, 1.82) is 0 Å². The smallest absolute Gasteiger partial charge is 0.346 e. The van der Waals surface area contributed by atoms with Crippen molar-refractivity contribution in [3.63, 3.8) is 0 Å². The molecule has 1 unspecified atom stereocenters. The van der Waals surface area contributed by atoms with Crippen LogP contribution in [0.3, 0.4) is 0 Å². The number of benzene rings is 2. The third-order valence-electron chi connectivity index (χ3n) is 5.31. The number of para-hydroxylation sites is 2. The summed E-state index contributed by atoms with van der Waals surface area (Å²) in [5.74, 6) is -0.396. The lowest BCUT2D eigenvalue weighted by atomic mass is 10.0. The second-order valence-corrected chi connectivity index (χ2v) is 9.39. The lowest BCUT2D eigenvalue weighted by Gasteiger charge is -2.17. The molecule has 0 radical (unpaired) electrons. The van der Waals surface area contributed by atoms with E-state index in [1.807, 2.05) is 43.4 Å². The first-order valence-electron chi connectivity index (χ1n) is 10.6. The fraction of sp³-hybridized carbons (Fsp3) is 0.304. The van der Waals surface area contributed by atoms with Gasteiger partial charge in [-0.05, 0) is 36.6 Å². The topological polar surface area (TPSA) is 81.3 Å². The molecular weight excluding hydrogens is 467 g/mol. The fourth-order valence-corrected chi connectivity index (χ4v) is 4.57. The number of nitrogens with zero attached hydrogens (tertiary/aromatic N) is 4. The lowest BCUT2D eigenvalue weighted by molar-refractivity contribution is -0.137. The lowest BCUT2D eigenvalue weighted by Crippen LogP contribution is -2.38. The standard InChI is InChI=1S/C23H22F3N5O2S/c1-13(2)15-8-4-6-10-17(15)30-20(33)16-9-5-7-11-18(16)31-21(30)28-29-22(31)34-14(3)19(32)27-12-23(24,25)26/h4-11,13-14H,12H2,1-3H3,(H,27,32). The summed E-state index contributed by atoms with van der Waals surface area (Å²) in [7, 11) is 0. The molecule has 1 atom stereocenters. The summed E-state index contributed by atoms with van der Waals surface area (Å²) in [5, 5.41) is 10.2. The van der Waals surface area contributed by atoms with Crippen LogP contribution in [-0.4, -0.2) is 43.0 Å². The van der Waals surface area contributed by atoms with Crippen LogP contribution in [0.1, 0.15) is 32.3 Å². The van der Waals surface area contributed by atoms with E-state index in [0.29, 0.717) is 16.6 Å². The Morgan fingerprint density at radius 1 is 1.06 bits per heavy atom. The van der Waals surface area contributed by atoms with Crippen LogP contribution in [0.15, 0.2) is 58.5 Å². The number of aromatic nitrogens is 4. The summed E-state index contributed by atoms with van der Waals surface area (Å²) < 4.78 is 40.6. The van der Waals surface area contributed by atoms with Gasteiger partial charge in [-0.25, -0.2) is 4.57 Å². The molecule has 1 N–H and O–H groups in total. The number of rotatable bonds is 6. The number of carbonyl (C=O) groups is 1. The zero-order chi connectivity index (χ0) is 24.6. The van der Waals surface area contributed by atoms with Crippen LogP contribution in [-0.2, 0) is 4.79 Å². The summed E-state index contributed by atoms with van der Waals surface area (Å²) in [4.78, 5) is 25.8. The Kier molecular flexibility index (Phi) is 6.39. The highest BCUT2D eigenvalue weighted by Crippen LogP contribution is 2.28. The first kappa shape index (κ1) is 23.8. The van der Waals surface area contributed by atoms with E-state index in [2.05, 4.69) is 10.2 Å². The monoisotopic (exact) mass is 489 g/mol. The maximum absolute atomic E-state index is 13.5. The van der Waals surface area contributed by atoms with E-state index in [-0.39, 0.29) is 22.4 Å². The van der Waals surface area contributed by atoms with E-state index in [1.54, 1.807) is 28.7 Å². The van der Waals surface area contributed by atoms with Gasteiger partial charge in [0.1, 0.15) is 6.54 Å². The van der Waals surface area contributed by atoms with Gasteiger partial charge in [-0.15, -0.1) is 10.2 Å². The van der Waals surface area contributed by atoms with Gasteiger partial charge in [0, 0.05) is 0 Å². The molecule has 7 nitrogen and oxygen atoms in total. The second kappa shape index (κ2) is 9.13. The number of fused-ring (bicyclic) bond motifs is 3. The van der Waals surface area contributed by atoms with E-state index in [0.717, 1.165) is 17.3 Å². The molecule has 4 aromatic rings. The SMILES string of the molecule is CC(Sc1nnc2n(-c3ccccc3C(C)C)c(=O)c3ccccc3n12)C(=O)NCC(F)(F)F. The molecule has 2 aromatic heterocycles. The molecule has 11 heteroatoms. The molecule has 0 spiro atoms. The van der Waals surface area contributed by atoms with Gasteiger partial charge in [-0.2, -0.15) is 13.2 Å². The van der Waals surface area contributed by atoms with Crippen molar-refractivity contribution in [2.75, 3.05) is 6.54 Å². The van der Waals surface area contributed by atoms with E-state index >= 15 is 0 Å². The number of hydrogen-bond donors (Lipinski definition) is 1. The van der Waals surface area contributed by atoms with Gasteiger partial charge in [-0.3, -0.25) is 14.0 Å². The van der Waals surface area contributed by atoms with Crippen LogP contribution in [0.4, 0.5) is 13.2 Å². The molecule has 0 saturated carbocycles. The predicted octanol–water partition coefficient (Wildman–Crippen LogP) is 4.32. The van der Waals surface area contributed by atoms with Crippen molar-refractivity contribution >= 4 is 34.3 Å². The molecule has 0 aliphatic heterocycles. The van der Waals surface area contributed by atoms with Gasteiger partial charge < -0.3 is 5.32 Å². The molecule has 4 rings (SSSR count). The maximum Gasteiger partial charge on any atom is 0.405 e. The number of alkyl halides is 3. The highest BCUT2D eigenvalue weighted by Gasteiger charge is 2.29. The molecular formula is C23H22F3N5O2S. The van der Waals surface area contributed by atoms with Crippen LogP contribution < -0.4 is 10.9 Å². The Balaban J connectivity index is 1.87. The van der Waals surface area contributed by atoms with Gasteiger partial charge in [0.05, 0.1) is 21.8 Å². The largest absolute Gasteiger partial charge is 0.405 e. The van der Waals surface area contributed by atoms with Crippen molar-refractivity contribution < 1.29 is 18.0 Å². The average molecular weight is 490 g/mol. The van der Waals surface area contributed by atoms with Crippen LogP contribution >= 0.6 is 11.8 Å².